The van der Waals surface area contributed by atoms with Gasteiger partial charge in [0.25, 0.3) is 5.91 Å². The van der Waals surface area contributed by atoms with Crippen LogP contribution in [0.4, 0.5) is 11.4 Å². The summed E-state index contributed by atoms with van der Waals surface area (Å²) in [5, 5.41) is 13.0. The Morgan fingerprint density at radius 1 is 1.00 bits per heavy atom. The van der Waals surface area contributed by atoms with E-state index in [4.69, 9.17) is 14.9 Å². The van der Waals surface area contributed by atoms with Crippen LogP contribution in [0, 0.1) is 5.41 Å². The van der Waals surface area contributed by atoms with E-state index in [0.717, 1.165) is 6.08 Å². The van der Waals surface area contributed by atoms with Crippen molar-refractivity contribution in [2.24, 2.45) is 0 Å². The fraction of sp³-hybridized carbons (Fsp3) is 0.0556. The zero-order chi connectivity index (χ0) is 17.6. The molecule has 7 nitrogen and oxygen atoms in total. The summed E-state index contributed by atoms with van der Waals surface area (Å²) in [6.45, 7) is 0.181. The lowest BCUT2D eigenvalue weighted by Crippen LogP contribution is -2.28. The van der Waals surface area contributed by atoms with Crippen molar-refractivity contribution in [3.05, 3.63) is 60.8 Å². The quantitative estimate of drug-likeness (QED) is 0.427. The molecule has 3 rings (SSSR count). The average Bonchev–Trinajstić information content (AvgIpc) is 3.09. The van der Waals surface area contributed by atoms with Gasteiger partial charge in [0.1, 0.15) is 0 Å². The Kier molecular flexibility index (Phi) is 4.75. The summed E-state index contributed by atoms with van der Waals surface area (Å²) < 4.78 is 10.5. The van der Waals surface area contributed by atoms with Crippen molar-refractivity contribution in [1.82, 2.24) is 0 Å². The Hall–Kier alpha value is -3.61. The topological polar surface area (TPSA) is 101 Å². The SMILES string of the molecule is N=C(C(=O)/C=C\Nc1ccc2c(c1)OCO2)C(=O)Nc1ccccc1. The minimum absolute atomic E-state index is 0.181. The third-order valence-corrected chi connectivity index (χ3v) is 3.36. The molecule has 0 saturated carbocycles. The second-order valence-electron chi connectivity index (χ2n) is 5.11. The van der Waals surface area contributed by atoms with Crippen molar-refractivity contribution in [3.63, 3.8) is 0 Å². The van der Waals surface area contributed by atoms with E-state index < -0.39 is 17.4 Å². The molecule has 7 heteroatoms. The van der Waals surface area contributed by atoms with Crippen LogP contribution >= 0.6 is 0 Å². The van der Waals surface area contributed by atoms with Gasteiger partial charge in [-0.05, 0) is 24.3 Å². The highest BCUT2D eigenvalue weighted by molar-refractivity contribution is 6.68. The lowest BCUT2D eigenvalue weighted by atomic mass is 10.2. The standard InChI is InChI=1S/C18H15N3O4/c19-17(18(23)21-12-4-2-1-3-5-12)14(22)8-9-20-13-6-7-15-16(10-13)25-11-24-15/h1-10,19-20H,11H2,(H,21,23)/b9-8-,19-17?. The maximum atomic E-state index is 11.9. The molecule has 0 aromatic heterocycles. The van der Waals surface area contributed by atoms with Crippen LogP contribution in [0.5, 0.6) is 11.5 Å². The molecule has 1 amide bonds. The third-order valence-electron chi connectivity index (χ3n) is 3.36. The fourth-order valence-electron chi connectivity index (χ4n) is 2.11. The van der Waals surface area contributed by atoms with E-state index >= 15 is 0 Å². The highest BCUT2D eigenvalue weighted by Crippen LogP contribution is 2.34. The van der Waals surface area contributed by atoms with Crippen LogP contribution < -0.4 is 20.1 Å². The number of ether oxygens (including phenoxy) is 2. The summed E-state index contributed by atoms with van der Waals surface area (Å²) >= 11 is 0. The number of anilines is 2. The molecule has 0 bridgehead atoms. The van der Waals surface area contributed by atoms with Gasteiger partial charge in [-0.3, -0.25) is 15.0 Å². The number of carbonyl (C=O) groups is 2. The molecule has 0 aliphatic carbocycles. The lowest BCUT2D eigenvalue weighted by Gasteiger charge is -2.04. The van der Waals surface area contributed by atoms with Crippen LogP contribution in [0.25, 0.3) is 0 Å². The van der Waals surface area contributed by atoms with Crippen LogP contribution in [0.15, 0.2) is 60.8 Å². The summed E-state index contributed by atoms with van der Waals surface area (Å²) in [6, 6.07) is 13.9. The molecule has 0 unspecified atom stereocenters. The maximum Gasteiger partial charge on any atom is 0.277 e. The molecule has 1 aliphatic rings. The molecule has 25 heavy (non-hydrogen) atoms. The minimum atomic E-state index is -0.760. The molecular weight excluding hydrogens is 322 g/mol. The Morgan fingerprint density at radius 3 is 2.56 bits per heavy atom. The van der Waals surface area contributed by atoms with E-state index in [1.807, 2.05) is 0 Å². The van der Waals surface area contributed by atoms with Crippen molar-refractivity contribution in [2.45, 2.75) is 0 Å². The van der Waals surface area contributed by atoms with Gasteiger partial charge in [0.15, 0.2) is 17.2 Å². The van der Waals surface area contributed by atoms with Crippen LogP contribution in [-0.4, -0.2) is 24.2 Å². The molecule has 3 N–H and O–H groups in total. The summed E-state index contributed by atoms with van der Waals surface area (Å²) in [7, 11) is 0. The van der Waals surface area contributed by atoms with E-state index in [9.17, 15) is 9.59 Å². The number of carbonyl (C=O) groups excluding carboxylic acids is 2. The number of allylic oxidation sites excluding steroid dienone is 1. The zero-order valence-corrected chi connectivity index (χ0v) is 13.1. The van der Waals surface area contributed by atoms with E-state index in [0.29, 0.717) is 22.9 Å². The zero-order valence-electron chi connectivity index (χ0n) is 13.1. The van der Waals surface area contributed by atoms with Gasteiger partial charge in [0, 0.05) is 29.7 Å². The van der Waals surface area contributed by atoms with Crippen molar-refractivity contribution < 1.29 is 19.1 Å². The number of hydrogen-bond donors (Lipinski definition) is 3. The van der Waals surface area contributed by atoms with Crippen LogP contribution in [0.1, 0.15) is 0 Å². The molecule has 126 valence electrons. The van der Waals surface area contributed by atoms with Crippen molar-refractivity contribution >= 4 is 28.8 Å². The first-order valence-electron chi connectivity index (χ1n) is 7.45. The van der Waals surface area contributed by atoms with E-state index in [1.165, 1.54) is 6.20 Å². The smallest absolute Gasteiger partial charge is 0.277 e. The van der Waals surface area contributed by atoms with Crippen LogP contribution in [-0.2, 0) is 9.59 Å². The summed E-state index contributed by atoms with van der Waals surface area (Å²) in [5.41, 5.74) is 0.564. The predicted molar refractivity (Wildman–Crippen MR) is 93.1 cm³/mol. The highest BCUT2D eigenvalue weighted by atomic mass is 16.7. The van der Waals surface area contributed by atoms with Gasteiger partial charge in [-0.1, -0.05) is 18.2 Å². The van der Waals surface area contributed by atoms with E-state index in [-0.39, 0.29) is 6.79 Å². The summed E-state index contributed by atoms with van der Waals surface area (Å²) in [6.07, 6.45) is 2.49. The third kappa shape index (κ3) is 4.03. The molecule has 0 saturated heterocycles. The van der Waals surface area contributed by atoms with Crippen molar-refractivity contribution in [1.29, 1.82) is 5.41 Å². The van der Waals surface area contributed by atoms with Crippen molar-refractivity contribution in [2.75, 3.05) is 17.4 Å². The molecule has 0 fully saturated rings. The number of rotatable bonds is 6. The average molecular weight is 337 g/mol. The van der Waals surface area contributed by atoms with Gasteiger partial charge in [-0.25, -0.2) is 0 Å². The Labute approximate surface area is 143 Å². The van der Waals surface area contributed by atoms with Gasteiger partial charge < -0.3 is 20.1 Å². The first kappa shape index (κ1) is 16.3. The predicted octanol–water partition coefficient (Wildman–Crippen LogP) is 2.57. The van der Waals surface area contributed by atoms with Gasteiger partial charge in [0.2, 0.25) is 12.6 Å². The Bertz CT molecular complexity index is 847. The Morgan fingerprint density at radius 2 is 1.76 bits per heavy atom. The number of amides is 1. The molecule has 2 aromatic carbocycles. The largest absolute Gasteiger partial charge is 0.454 e. The fourth-order valence-corrected chi connectivity index (χ4v) is 2.11. The van der Waals surface area contributed by atoms with E-state index in [2.05, 4.69) is 10.6 Å². The lowest BCUT2D eigenvalue weighted by molar-refractivity contribution is -0.113. The highest BCUT2D eigenvalue weighted by Gasteiger charge is 2.16. The molecule has 1 aliphatic heterocycles. The molecule has 2 aromatic rings. The number of hydrogen-bond acceptors (Lipinski definition) is 6. The minimum Gasteiger partial charge on any atom is -0.454 e. The molecule has 0 atom stereocenters. The first-order chi connectivity index (χ1) is 12.1. The first-order valence-corrected chi connectivity index (χ1v) is 7.45. The van der Waals surface area contributed by atoms with Crippen LogP contribution in [0.3, 0.4) is 0 Å². The molecule has 0 radical (unpaired) electrons. The second kappa shape index (κ2) is 7.31. The monoisotopic (exact) mass is 337 g/mol. The van der Waals surface area contributed by atoms with Gasteiger partial charge >= 0.3 is 0 Å². The molecular formula is C18H15N3O4. The van der Waals surface area contributed by atoms with Crippen molar-refractivity contribution in [3.8, 4) is 11.5 Å². The maximum absolute atomic E-state index is 11.9. The Balaban J connectivity index is 1.55. The normalized spacial score (nSPS) is 12.0. The number of fused-ring (bicyclic) bond motifs is 1. The second-order valence-corrected chi connectivity index (χ2v) is 5.11. The van der Waals surface area contributed by atoms with E-state index in [1.54, 1.807) is 48.5 Å². The summed E-state index contributed by atoms with van der Waals surface area (Å²) in [4.78, 5) is 23.8. The number of benzene rings is 2. The molecule has 1 heterocycles. The number of nitrogens with one attached hydrogen (secondary N) is 3. The van der Waals surface area contributed by atoms with Crippen LogP contribution in [0.2, 0.25) is 0 Å². The van der Waals surface area contributed by atoms with Gasteiger partial charge in [-0.2, -0.15) is 0 Å². The number of ketones is 1. The van der Waals surface area contributed by atoms with Gasteiger partial charge in [-0.15, -0.1) is 0 Å². The van der Waals surface area contributed by atoms with Gasteiger partial charge in [0.05, 0.1) is 0 Å². The molecule has 0 spiro atoms. The number of para-hydroxylation sites is 1. The summed E-state index contributed by atoms with van der Waals surface area (Å²) in [5.74, 6) is -0.199.